The van der Waals surface area contributed by atoms with E-state index in [1.54, 1.807) is 11.1 Å². The summed E-state index contributed by atoms with van der Waals surface area (Å²) in [5, 5.41) is 5.48. The number of rotatable bonds is 0. The SMILES string of the molecule is CC1(C)c2cc3c(cc2-c2c1ccc1ccccc21)C1(CCCCC1)c1cc2c(cc1-3)C(C)(C)c1ccc3ccccc3c1-2. The van der Waals surface area contributed by atoms with Gasteiger partial charge in [-0.2, -0.15) is 0 Å². The summed E-state index contributed by atoms with van der Waals surface area (Å²) in [6, 6.07) is 38.1. The van der Waals surface area contributed by atoms with Crippen LogP contribution in [0.1, 0.15) is 93.2 Å². The standard InChI is InChI=1S/C44H38/c1-42(2)34-18-16-26-12-6-8-14-28(26)40(34)32-24-38-30(22-36(32)42)31-23-37-33(25-39(31)44(38)20-10-5-11-21-44)41-29-15-9-7-13-27(29)17-19-35(41)43(37,3)4/h6-9,12-19,22-25H,5,10-11,20-21H2,1-4H3. The molecule has 6 aromatic rings. The van der Waals surface area contributed by atoms with E-state index in [0.717, 1.165) is 0 Å². The quantitative estimate of drug-likeness (QED) is 0.172. The second kappa shape index (κ2) is 8.10. The highest BCUT2D eigenvalue weighted by atomic mass is 14.5. The molecule has 0 heteroatoms. The van der Waals surface area contributed by atoms with Crippen molar-refractivity contribution in [2.45, 2.75) is 76.0 Å². The average molecular weight is 567 g/mol. The van der Waals surface area contributed by atoms with Gasteiger partial charge in [0.25, 0.3) is 0 Å². The Hall–Kier alpha value is -4.16. The third kappa shape index (κ3) is 2.87. The maximum atomic E-state index is 2.68. The third-order valence-electron chi connectivity index (χ3n) is 12.4. The number of benzene rings is 6. The van der Waals surface area contributed by atoms with Gasteiger partial charge in [0.2, 0.25) is 0 Å². The summed E-state index contributed by atoms with van der Waals surface area (Å²) >= 11 is 0. The molecule has 1 spiro atoms. The molecule has 10 rings (SSSR count). The molecule has 214 valence electrons. The molecule has 0 amide bonds. The highest BCUT2D eigenvalue weighted by Crippen LogP contribution is 2.63. The first-order valence-corrected chi connectivity index (χ1v) is 16.7. The summed E-state index contributed by atoms with van der Waals surface area (Å²) in [4.78, 5) is 0. The van der Waals surface area contributed by atoms with Crippen molar-refractivity contribution in [3.63, 3.8) is 0 Å². The molecule has 0 bridgehead atoms. The van der Waals surface area contributed by atoms with Crippen molar-refractivity contribution in [3.05, 3.63) is 130 Å². The van der Waals surface area contributed by atoms with E-state index in [-0.39, 0.29) is 16.2 Å². The van der Waals surface area contributed by atoms with Crippen LogP contribution in [0.25, 0.3) is 54.9 Å². The van der Waals surface area contributed by atoms with Crippen molar-refractivity contribution in [2.75, 3.05) is 0 Å². The molecule has 44 heavy (non-hydrogen) atoms. The Morgan fingerprint density at radius 1 is 0.409 bits per heavy atom. The summed E-state index contributed by atoms with van der Waals surface area (Å²) in [6.45, 7) is 9.77. The van der Waals surface area contributed by atoms with Crippen LogP contribution in [0.15, 0.2) is 97.1 Å². The van der Waals surface area contributed by atoms with Crippen molar-refractivity contribution in [2.24, 2.45) is 0 Å². The fourth-order valence-electron chi connectivity index (χ4n) is 10.2. The molecule has 4 aliphatic rings. The van der Waals surface area contributed by atoms with Crippen LogP contribution in [0.5, 0.6) is 0 Å². The lowest BCUT2D eigenvalue weighted by Crippen LogP contribution is -2.28. The van der Waals surface area contributed by atoms with E-state index in [2.05, 4.69) is 125 Å². The van der Waals surface area contributed by atoms with Gasteiger partial charge in [-0.05, 0) is 125 Å². The van der Waals surface area contributed by atoms with Crippen LogP contribution < -0.4 is 0 Å². The molecule has 1 fully saturated rings. The van der Waals surface area contributed by atoms with Crippen molar-refractivity contribution in [1.82, 2.24) is 0 Å². The Kier molecular flexibility index (Phi) is 4.64. The van der Waals surface area contributed by atoms with Gasteiger partial charge >= 0.3 is 0 Å². The monoisotopic (exact) mass is 566 g/mol. The molecule has 4 aliphatic carbocycles. The number of fused-ring (bicyclic) bond motifs is 15. The van der Waals surface area contributed by atoms with Crippen molar-refractivity contribution in [1.29, 1.82) is 0 Å². The first kappa shape index (κ1) is 25.2. The summed E-state index contributed by atoms with van der Waals surface area (Å²) < 4.78 is 0. The first-order valence-electron chi connectivity index (χ1n) is 16.7. The fraction of sp³-hybridized carbons (Fsp3) is 0.273. The van der Waals surface area contributed by atoms with Gasteiger partial charge in [-0.15, -0.1) is 0 Å². The second-order valence-electron chi connectivity index (χ2n) is 15.2. The highest BCUT2D eigenvalue weighted by Gasteiger charge is 2.48. The zero-order valence-corrected chi connectivity index (χ0v) is 26.3. The molecular formula is C44H38. The Labute approximate surface area is 260 Å². The zero-order chi connectivity index (χ0) is 29.6. The predicted octanol–water partition coefficient (Wildman–Crippen LogP) is 11.8. The van der Waals surface area contributed by atoms with Gasteiger partial charge in [0.05, 0.1) is 0 Å². The molecule has 0 nitrogen and oxygen atoms in total. The van der Waals surface area contributed by atoms with E-state index in [1.807, 2.05) is 0 Å². The Balaban J connectivity index is 1.28. The predicted molar refractivity (Wildman–Crippen MR) is 186 cm³/mol. The van der Waals surface area contributed by atoms with Crippen LogP contribution in [0, 0.1) is 0 Å². The molecule has 0 atom stereocenters. The summed E-state index contributed by atoms with van der Waals surface area (Å²) in [5.41, 5.74) is 18.1. The summed E-state index contributed by atoms with van der Waals surface area (Å²) in [6.07, 6.45) is 6.47. The van der Waals surface area contributed by atoms with E-state index in [0.29, 0.717) is 0 Å². The van der Waals surface area contributed by atoms with Crippen molar-refractivity contribution >= 4 is 21.5 Å². The van der Waals surface area contributed by atoms with Gasteiger partial charge in [-0.1, -0.05) is 120 Å². The van der Waals surface area contributed by atoms with Crippen molar-refractivity contribution in [3.8, 4) is 33.4 Å². The average Bonchev–Trinajstić information content (AvgIpc) is 3.53. The molecule has 0 heterocycles. The topological polar surface area (TPSA) is 0 Å². The third-order valence-corrected chi connectivity index (χ3v) is 12.4. The molecular weight excluding hydrogens is 528 g/mol. The van der Waals surface area contributed by atoms with Gasteiger partial charge in [-0.3, -0.25) is 0 Å². The molecule has 0 unspecified atom stereocenters. The van der Waals surface area contributed by atoms with Gasteiger partial charge in [0.15, 0.2) is 0 Å². The Morgan fingerprint density at radius 3 is 1.32 bits per heavy atom. The molecule has 0 radical (unpaired) electrons. The van der Waals surface area contributed by atoms with Gasteiger partial charge in [-0.25, -0.2) is 0 Å². The minimum absolute atomic E-state index is 0.0304. The number of hydrogen-bond donors (Lipinski definition) is 0. The molecule has 0 aromatic heterocycles. The summed E-state index contributed by atoms with van der Waals surface area (Å²) in [7, 11) is 0. The normalized spacial score (nSPS) is 19.0. The van der Waals surface area contributed by atoms with Crippen molar-refractivity contribution < 1.29 is 0 Å². The van der Waals surface area contributed by atoms with Crippen LogP contribution in [0.2, 0.25) is 0 Å². The van der Waals surface area contributed by atoms with E-state index in [9.17, 15) is 0 Å². The Morgan fingerprint density at radius 2 is 0.841 bits per heavy atom. The lowest BCUT2D eigenvalue weighted by Gasteiger charge is -2.36. The smallest absolute Gasteiger partial charge is 0.0215 e. The summed E-state index contributed by atoms with van der Waals surface area (Å²) in [5.74, 6) is 0. The first-order chi connectivity index (χ1) is 21.3. The minimum atomic E-state index is -0.0304. The molecule has 6 aromatic carbocycles. The Bertz CT molecular complexity index is 2090. The second-order valence-corrected chi connectivity index (χ2v) is 15.2. The van der Waals surface area contributed by atoms with Crippen LogP contribution in [0.3, 0.4) is 0 Å². The van der Waals surface area contributed by atoms with Gasteiger partial charge < -0.3 is 0 Å². The van der Waals surface area contributed by atoms with E-state index in [4.69, 9.17) is 0 Å². The van der Waals surface area contributed by atoms with Crippen LogP contribution in [0.4, 0.5) is 0 Å². The van der Waals surface area contributed by atoms with Crippen LogP contribution in [-0.2, 0) is 16.2 Å². The van der Waals surface area contributed by atoms with Gasteiger partial charge in [0, 0.05) is 16.2 Å². The van der Waals surface area contributed by atoms with E-state index >= 15 is 0 Å². The highest BCUT2D eigenvalue weighted by molar-refractivity contribution is 6.06. The zero-order valence-electron chi connectivity index (χ0n) is 26.3. The number of hydrogen-bond acceptors (Lipinski definition) is 0. The van der Waals surface area contributed by atoms with Gasteiger partial charge in [0.1, 0.15) is 0 Å². The largest absolute Gasteiger partial charge is 0.0616 e. The lowest BCUT2D eigenvalue weighted by atomic mass is 9.67. The maximum absolute atomic E-state index is 2.68. The molecule has 0 saturated heterocycles. The molecule has 0 aliphatic heterocycles. The van der Waals surface area contributed by atoms with E-state index in [1.165, 1.54) is 109 Å². The maximum Gasteiger partial charge on any atom is 0.0215 e. The van der Waals surface area contributed by atoms with Crippen LogP contribution >= 0.6 is 0 Å². The minimum Gasteiger partial charge on any atom is -0.0616 e. The van der Waals surface area contributed by atoms with E-state index < -0.39 is 0 Å². The fourth-order valence-corrected chi connectivity index (χ4v) is 10.2. The molecule has 1 saturated carbocycles. The lowest BCUT2D eigenvalue weighted by molar-refractivity contribution is 0.353. The molecule has 0 N–H and O–H groups in total. The van der Waals surface area contributed by atoms with Crippen LogP contribution in [-0.4, -0.2) is 0 Å².